The Labute approximate surface area is 155 Å². The molecule has 0 aliphatic heterocycles. The van der Waals surface area contributed by atoms with Crippen LogP contribution in [0.2, 0.25) is 0 Å². The van der Waals surface area contributed by atoms with E-state index < -0.39 is 0 Å². The fourth-order valence-corrected chi connectivity index (χ4v) is 2.36. The molecule has 1 heterocycles. The van der Waals surface area contributed by atoms with Crippen molar-refractivity contribution in [1.82, 2.24) is 20.3 Å². The smallest absolute Gasteiger partial charge is 0.252 e. The lowest BCUT2D eigenvalue weighted by molar-refractivity contribution is 0.0948. The Morgan fingerprint density at radius 2 is 1.72 bits per heavy atom. The van der Waals surface area contributed by atoms with Crippen molar-refractivity contribution in [2.24, 2.45) is 0 Å². The molecule has 2 aromatic rings. The molecule has 0 bridgehead atoms. The number of halogens is 1. The van der Waals surface area contributed by atoms with Crippen molar-refractivity contribution in [3.05, 3.63) is 34.1 Å². The van der Waals surface area contributed by atoms with E-state index in [0.29, 0.717) is 33.5 Å². The predicted octanol–water partition coefficient (Wildman–Crippen LogP) is 1.70. The fraction of sp³-hybridized carbons (Fsp3) is 0.375. The topological polar surface area (TPSA) is 83.5 Å². The van der Waals surface area contributed by atoms with Gasteiger partial charge in [0.1, 0.15) is 5.75 Å². The molecule has 0 fully saturated rings. The summed E-state index contributed by atoms with van der Waals surface area (Å²) in [6.07, 6.45) is 0. The first kappa shape index (κ1) is 18.9. The van der Waals surface area contributed by atoms with Crippen LogP contribution >= 0.6 is 15.9 Å². The van der Waals surface area contributed by atoms with Crippen LogP contribution < -0.4 is 19.9 Å². The number of hydrogen-bond donors (Lipinski definition) is 1. The van der Waals surface area contributed by atoms with Gasteiger partial charge in [0, 0.05) is 32.7 Å². The Kier molecular flexibility index (Phi) is 6.13. The van der Waals surface area contributed by atoms with Gasteiger partial charge in [-0.15, -0.1) is 0 Å². The average molecular weight is 409 g/mol. The Hall–Kier alpha value is -2.42. The maximum Gasteiger partial charge on any atom is 0.252 e. The van der Waals surface area contributed by atoms with Crippen LogP contribution in [0.5, 0.6) is 5.75 Å². The summed E-state index contributed by atoms with van der Waals surface area (Å²) in [5.74, 6) is 1.91. The number of aromatic nitrogens is 3. The van der Waals surface area contributed by atoms with E-state index in [1.54, 1.807) is 35.1 Å². The van der Waals surface area contributed by atoms with Crippen LogP contribution in [0.25, 0.3) is 0 Å². The molecular weight excluding hydrogens is 388 g/mol. The fourth-order valence-electron chi connectivity index (χ4n) is 1.93. The summed E-state index contributed by atoms with van der Waals surface area (Å²) in [6.45, 7) is 0.187. The van der Waals surface area contributed by atoms with Crippen LogP contribution in [0.4, 0.5) is 11.9 Å². The second-order valence-electron chi connectivity index (χ2n) is 5.67. The van der Waals surface area contributed by atoms with Crippen LogP contribution in [-0.2, 0) is 6.54 Å². The summed E-state index contributed by atoms with van der Waals surface area (Å²) in [5, 5.41) is 2.83. The molecule has 1 aromatic carbocycles. The normalized spacial score (nSPS) is 10.3. The third-order valence-corrected chi connectivity index (χ3v) is 3.97. The highest BCUT2D eigenvalue weighted by atomic mass is 79.9. The Balaban J connectivity index is 2.19. The number of nitrogens with one attached hydrogen (secondary N) is 1. The van der Waals surface area contributed by atoms with Crippen LogP contribution in [0.3, 0.4) is 0 Å². The van der Waals surface area contributed by atoms with Crippen molar-refractivity contribution >= 4 is 33.7 Å². The molecule has 0 aliphatic carbocycles. The van der Waals surface area contributed by atoms with Crippen molar-refractivity contribution in [2.75, 3.05) is 45.1 Å². The van der Waals surface area contributed by atoms with Crippen molar-refractivity contribution in [2.45, 2.75) is 6.54 Å². The van der Waals surface area contributed by atoms with Gasteiger partial charge in [-0.25, -0.2) is 0 Å². The van der Waals surface area contributed by atoms with E-state index in [4.69, 9.17) is 4.74 Å². The molecule has 1 aromatic heterocycles. The second-order valence-corrected chi connectivity index (χ2v) is 6.52. The van der Waals surface area contributed by atoms with E-state index in [2.05, 4.69) is 36.2 Å². The monoisotopic (exact) mass is 408 g/mol. The molecule has 1 amide bonds. The first-order valence-electron chi connectivity index (χ1n) is 7.53. The van der Waals surface area contributed by atoms with E-state index >= 15 is 0 Å². The maximum absolute atomic E-state index is 12.5. The standard InChI is InChI=1S/C16H21BrN6O2/c1-22(2)15-19-13(20-16(21-15)23(3)4)9-18-14(24)11-8-10(25-5)6-7-12(11)17/h6-8H,9H2,1-5H3,(H,18,24). The molecule has 25 heavy (non-hydrogen) atoms. The largest absolute Gasteiger partial charge is 0.497 e. The maximum atomic E-state index is 12.5. The van der Waals surface area contributed by atoms with Crippen molar-refractivity contribution < 1.29 is 9.53 Å². The Morgan fingerprint density at radius 1 is 1.12 bits per heavy atom. The van der Waals surface area contributed by atoms with Gasteiger partial charge in [-0.2, -0.15) is 15.0 Å². The first-order chi connectivity index (χ1) is 11.8. The molecule has 0 unspecified atom stereocenters. The quantitative estimate of drug-likeness (QED) is 0.778. The van der Waals surface area contributed by atoms with E-state index in [9.17, 15) is 4.79 Å². The van der Waals surface area contributed by atoms with Crippen LogP contribution in [0.15, 0.2) is 22.7 Å². The van der Waals surface area contributed by atoms with Crippen molar-refractivity contribution in [3.8, 4) is 5.75 Å². The molecule has 0 saturated heterocycles. The molecule has 134 valence electrons. The summed E-state index contributed by atoms with van der Waals surface area (Å²) in [7, 11) is 8.96. The van der Waals surface area contributed by atoms with Crippen LogP contribution in [-0.4, -0.2) is 56.2 Å². The highest BCUT2D eigenvalue weighted by Crippen LogP contribution is 2.22. The highest BCUT2D eigenvalue weighted by Gasteiger charge is 2.14. The SMILES string of the molecule is COc1ccc(Br)c(C(=O)NCc2nc(N(C)C)nc(N(C)C)n2)c1. The number of carbonyl (C=O) groups is 1. The lowest BCUT2D eigenvalue weighted by atomic mass is 10.2. The van der Waals surface area contributed by atoms with E-state index in [1.165, 1.54) is 0 Å². The molecule has 8 nitrogen and oxygen atoms in total. The molecule has 0 aliphatic rings. The van der Waals surface area contributed by atoms with Gasteiger partial charge in [-0.3, -0.25) is 4.79 Å². The van der Waals surface area contributed by atoms with Gasteiger partial charge in [0.2, 0.25) is 11.9 Å². The number of ether oxygens (including phenoxy) is 1. The highest BCUT2D eigenvalue weighted by molar-refractivity contribution is 9.10. The number of carbonyl (C=O) groups excluding carboxylic acids is 1. The zero-order valence-electron chi connectivity index (χ0n) is 14.9. The molecule has 0 atom stereocenters. The Bertz CT molecular complexity index is 740. The molecule has 2 rings (SSSR count). The van der Waals surface area contributed by atoms with E-state index in [1.807, 2.05) is 28.2 Å². The van der Waals surface area contributed by atoms with Crippen molar-refractivity contribution in [1.29, 1.82) is 0 Å². The summed E-state index contributed by atoms with van der Waals surface area (Å²) in [4.78, 5) is 29.1. The minimum Gasteiger partial charge on any atom is -0.497 e. The van der Waals surface area contributed by atoms with Gasteiger partial charge in [-0.05, 0) is 34.1 Å². The van der Waals surface area contributed by atoms with E-state index in [-0.39, 0.29) is 12.5 Å². The van der Waals surface area contributed by atoms with Crippen LogP contribution in [0, 0.1) is 0 Å². The summed E-state index contributed by atoms with van der Waals surface area (Å²) < 4.78 is 5.85. The van der Waals surface area contributed by atoms with Gasteiger partial charge >= 0.3 is 0 Å². The van der Waals surface area contributed by atoms with Crippen molar-refractivity contribution in [3.63, 3.8) is 0 Å². The third-order valence-electron chi connectivity index (χ3n) is 3.28. The van der Waals surface area contributed by atoms with Gasteiger partial charge in [0.25, 0.3) is 5.91 Å². The lowest BCUT2D eigenvalue weighted by Crippen LogP contribution is -2.26. The number of anilines is 2. The average Bonchev–Trinajstić information content (AvgIpc) is 2.59. The molecule has 0 radical (unpaired) electrons. The van der Waals surface area contributed by atoms with Gasteiger partial charge in [0.15, 0.2) is 5.82 Å². The zero-order chi connectivity index (χ0) is 18.6. The predicted molar refractivity (Wildman–Crippen MR) is 100 cm³/mol. The number of hydrogen-bond acceptors (Lipinski definition) is 7. The number of amides is 1. The zero-order valence-corrected chi connectivity index (χ0v) is 16.5. The molecule has 1 N–H and O–H groups in total. The molecular formula is C16H21BrN6O2. The van der Waals surface area contributed by atoms with Gasteiger partial charge < -0.3 is 19.9 Å². The van der Waals surface area contributed by atoms with Crippen LogP contribution in [0.1, 0.15) is 16.2 Å². The first-order valence-corrected chi connectivity index (χ1v) is 8.32. The number of benzene rings is 1. The van der Waals surface area contributed by atoms with Gasteiger partial charge in [0.05, 0.1) is 19.2 Å². The number of methoxy groups -OCH3 is 1. The summed E-state index contributed by atoms with van der Waals surface area (Å²) in [6, 6.07) is 5.22. The summed E-state index contributed by atoms with van der Waals surface area (Å²) in [5.41, 5.74) is 0.481. The van der Waals surface area contributed by atoms with Gasteiger partial charge in [-0.1, -0.05) is 0 Å². The summed E-state index contributed by atoms with van der Waals surface area (Å²) >= 11 is 3.38. The second kappa shape index (κ2) is 8.11. The Morgan fingerprint density at radius 3 is 2.24 bits per heavy atom. The molecule has 0 saturated carbocycles. The third kappa shape index (κ3) is 4.79. The minimum absolute atomic E-state index is 0.187. The lowest BCUT2D eigenvalue weighted by Gasteiger charge is -2.16. The number of rotatable bonds is 6. The van der Waals surface area contributed by atoms with E-state index in [0.717, 1.165) is 0 Å². The number of nitrogens with zero attached hydrogens (tertiary/aromatic N) is 5. The molecule has 0 spiro atoms. The minimum atomic E-state index is -0.246. The molecule has 9 heteroatoms.